The van der Waals surface area contributed by atoms with E-state index in [0.29, 0.717) is 0 Å². The topological polar surface area (TPSA) is 21.1 Å². The van der Waals surface area contributed by atoms with Gasteiger partial charge in [0.15, 0.2) is 0 Å². The Labute approximate surface area is 108 Å². The van der Waals surface area contributed by atoms with Gasteiger partial charge in [0.1, 0.15) is 11.6 Å². The molecular weight excluding hydrogens is 222 g/mol. The monoisotopic (exact) mass is 241 g/mol. The predicted octanol–water partition coefficient (Wildman–Crippen LogP) is 3.08. The van der Waals surface area contributed by atoms with E-state index in [-0.39, 0.29) is 0 Å². The number of piperidine rings is 1. The van der Waals surface area contributed by atoms with E-state index in [0.717, 1.165) is 18.9 Å². The van der Waals surface area contributed by atoms with Crippen LogP contribution in [0.3, 0.4) is 0 Å². The molecule has 0 aliphatic carbocycles. The van der Waals surface area contributed by atoms with Crippen LogP contribution in [0.25, 0.3) is 11.4 Å². The Kier molecular flexibility index (Phi) is 3.05. The van der Waals surface area contributed by atoms with E-state index in [9.17, 15) is 0 Å². The van der Waals surface area contributed by atoms with E-state index in [2.05, 4.69) is 45.8 Å². The molecule has 1 fully saturated rings. The Morgan fingerprint density at radius 1 is 1.00 bits per heavy atom. The largest absolute Gasteiger partial charge is 0.357 e. The zero-order chi connectivity index (χ0) is 12.4. The van der Waals surface area contributed by atoms with Crippen LogP contribution < -0.4 is 4.90 Å². The van der Waals surface area contributed by atoms with Crippen LogP contribution in [0.2, 0.25) is 0 Å². The van der Waals surface area contributed by atoms with Gasteiger partial charge in [0.25, 0.3) is 0 Å². The van der Waals surface area contributed by atoms with Gasteiger partial charge >= 0.3 is 0 Å². The number of hydrogen-bond donors (Lipinski definition) is 0. The lowest BCUT2D eigenvalue weighted by atomic mass is 10.1. The van der Waals surface area contributed by atoms with Gasteiger partial charge in [-0.15, -0.1) is 0 Å². The van der Waals surface area contributed by atoms with Crippen molar-refractivity contribution in [1.82, 2.24) is 9.55 Å². The lowest BCUT2D eigenvalue weighted by Crippen LogP contribution is -2.30. The van der Waals surface area contributed by atoms with Crippen molar-refractivity contribution >= 4 is 5.82 Å². The summed E-state index contributed by atoms with van der Waals surface area (Å²) in [5.41, 5.74) is 1.18. The summed E-state index contributed by atoms with van der Waals surface area (Å²) in [6.07, 6.45) is 5.96. The van der Waals surface area contributed by atoms with Gasteiger partial charge in [0.05, 0.1) is 6.20 Å². The van der Waals surface area contributed by atoms with E-state index in [1.54, 1.807) is 0 Å². The summed E-state index contributed by atoms with van der Waals surface area (Å²) >= 11 is 0. The highest BCUT2D eigenvalue weighted by molar-refractivity contribution is 5.59. The van der Waals surface area contributed by atoms with Crippen LogP contribution in [0.5, 0.6) is 0 Å². The molecule has 0 saturated carbocycles. The first-order valence-electron chi connectivity index (χ1n) is 6.68. The summed E-state index contributed by atoms with van der Waals surface area (Å²) in [5.74, 6) is 2.30. The quantitative estimate of drug-likeness (QED) is 0.805. The number of anilines is 1. The molecule has 1 aliphatic heterocycles. The minimum Gasteiger partial charge on any atom is -0.357 e. The fraction of sp³-hybridized carbons (Fsp3) is 0.400. The highest BCUT2D eigenvalue weighted by Gasteiger charge is 2.16. The molecule has 3 heteroatoms. The van der Waals surface area contributed by atoms with Crippen LogP contribution in [0.1, 0.15) is 19.3 Å². The molecule has 0 unspecified atom stereocenters. The molecule has 0 amide bonds. The van der Waals surface area contributed by atoms with Crippen LogP contribution in [0.15, 0.2) is 36.5 Å². The number of rotatable bonds is 2. The third-order valence-electron chi connectivity index (χ3n) is 3.68. The maximum Gasteiger partial charge on any atom is 0.141 e. The zero-order valence-corrected chi connectivity index (χ0v) is 10.8. The summed E-state index contributed by atoms with van der Waals surface area (Å²) in [7, 11) is 2.11. The van der Waals surface area contributed by atoms with Gasteiger partial charge in [0, 0.05) is 25.7 Å². The molecule has 0 atom stereocenters. The third kappa shape index (κ3) is 2.01. The van der Waals surface area contributed by atoms with Gasteiger partial charge in [-0.3, -0.25) is 0 Å². The highest BCUT2D eigenvalue weighted by Crippen LogP contribution is 2.25. The van der Waals surface area contributed by atoms with Gasteiger partial charge in [0.2, 0.25) is 0 Å². The standard InChI is InChI=1S/C15H19N3/c1-17-14(18-10-6-3-7-11-18)12-16-15(17)13-8-4-2-5-9-13/h2,4-5,8-9,12H,3,6-7,10-11H2,1H3. The molecule has 3 rings (SSSR count). The lowest BCUT2D eigenvalue weighted by Gasteiger charge is -2.28. The normalized spacial score (nSPS) is 15.9. The van der Waals surface area contributed by atoms with Gasteiger partial charge in [-0.05, 0) is 19.3 Å². The predicted molar refractivity (Wildman–Crippen MR) is 74.7 cm³/mol. The van der Waals surface area contributed by atoms with E-state index < -0.39 is 0 Å². The minimum atomic E-state index is 1.05. The maximum absolute atomic E-state index is 4.58. The van der Waals surface area contributed by atoms with Crippen molar-refractivity contribution in [2.45, 2.75) is 19.3 Å². The van der Waals surface area contributed by atoms with E-state index in [1.807, 2.05) is 12.3 Å². The first kappa shape index (κ1) is 11.3. The first-order chi connectivity index (χ1) is 8.86. The summed E-state index contributed by atoms with van der Waals surface area (Å²) in [6, 6.07) is 10.4. The molecule has 18 heavy (non-hydrogen) atoms. The Morgan fingerprint density at radius 3 is 2.44 bits per heavy atom. The zero-order valence-electron chi connectivity index (χ0n) is 10.8. The fourth-order valence-electron chi connectivity index (χ4n) is 2.67. The molecule has 2 heterocycles. The van der Waals surface area contributed by atoms with Crippen molar-refractivity contribution in [1.29, 1.82) is 0 Å². The Hall–Kier alpha value is -1.77. The maximum atomic E-state index is 4.58. The molecule has 0 bridgehead atoms. The summed E-state index contributed by atoms with van der Waals surface area (Å²) in [6.45, 7) is 2.32. The SMILES string of the molecule is Cn1c(N2CCCCC2)cnc1-c1ccccc1. The van der Waals surface area contributed by atoms with Crippen LogP contribution in [-0.4, -0.2) is 22.6 Å². The Balaban J connectivity index is 1.92. The summed E-state index contributed by atoms with van der Waals surface area (Å²) < 4.78 is 2.21. The van der Waals surface area contributed by atoms with Crippen LogP contribution in [0.4, 0.5) is 5.82 Å². The smallest absolute Gasteiger partial charge is 0.141 e. The summed E-state index contributed by atoms with van der Waals surface area (Å²) in [5, 5.41) is 0. The molecule has 1 aromatic heterocycles. The molecule has 1 aliphatic rings. The molecule has 1 aromatic carbocycles. The molecular formula is C15H19N3. The fourth-order valence-corrected chi connectivity index (χ4v) is 2.67. The molecule has 0 radical (unpaired) electrons. The lowest BCUT2D eigenvalue weighted by molar-refractivity contribution is 0.568. The number of hydrogen-bond acceptors (Lipinski definition) is 2. The highest BCUT2D eigenvalue weighted by atomic mass is 15.3. The van der Waals surface area contributed by atoms with Gasteiger partial charge in [-0.2, -0.15) is 0 Å². The van der Waals surface area contributed by atoms with Crippen molar-refractivity contribution in [2.24, 2.45) is 7.05 Å². The Morgan fingerprint density at radius 2 is 1.72 bits per heavy atom. The summed E-state index contributed by atoms with van der Waals surface area (Å²) in [4.78, 5) is 7.03. The third-order valence-corrected chi connectivity index (χ3v) is 3.68. The van der Waals surface area contributed by atoms with E-state index in [1.165, 1.54) is 30.6 Å². The molecule has 0 spiro atoms. The average Bonchev–Trinajstić information content (AvgIpc) is 2.83. The number of aromatic nitrogens is 2. The van der Waals surface area contributed by atoms with E-state index in [4.69, 9.17) is 0 Å². The van der Waals surface area contributed by atoms with Crippen molar-refractivity contribution in [3.63, 3.8) is 0 Å². The molecule has 2 aromatic rings. The number of benzene rings is 1. The molecule has 1 saturated heterocycles. The van der Waals surface area contributed by atoms with Crippen molar-refractivity contribution < 1.29 is 0 Å². The number of nitrogens with zero attached hydrogens (tertiary/aromatic N) is 3. The average molecular weight is 241 g/mol. The second-order valence-corrected chi connectivity index (χ2v) is 4.91. The van der Waals surface area contributed by atoms with Crippen molar-refractivity contribution in [3.8, 4) is 11.4 Å². The van der Waals surface area contributed by atoms with Crippen molar-refractivity contribution in [2.75, 3.05) is 18.0 Å². The van der Waals surface area contributed by atoms with Crippen LogP contribution in [0, 0.1) is 0 Å². The van der Waals surface area contributed by atoms with Crippen LogP contribution in [-0.2, 0) is 7.05 Å². The molecule has 94 valence electrons. The minimum absolute atomic E-state index is 1.05. The second-order valence-electron chi connectivity index (χ2n) is 4.91. The van der Waals surface area contributed by atoms with Gasteiger partial charge in [-0.25, -0.2) is 4.98 Å². The van der Waals surface area contributed by atoms with Crippen LogP contribution >= 0.6 is 0 Å². The van der Waals surface area contributed by atoms with Gasteiger partial charge in [-0.1, -0.05) is 30.3 Å². The van der Waals surface area contributed by atoms with Crippen molar-refractivity contribution in [3.05, 3.63) is 36.5 Å². The number of imidazole rings is 1. The Bertz CT molecular complexity index is 510. The first-order valence-corrected chi connectivity index (χ1v) is 6.68. The van der Waals surface area contributed by atoms with E-state index >= 15 is 0 Å². The second kappa shape index (κ2) is 4.84. The molecule has 0 N–H and O–H groups in total. The van der Waals surface area contributed by atoms with Gasteiger partial charge < -0.3 is 9.47 Å². The molecule has 3 nitrogen and oxygen atoms in total.